The van der Waals surface area contributed by atoms with Crippen molar-refractivity contribution in [2.24, 2.45) is 10.7 Å². The number of rotatable bonds is 3. The zero-order valence-corrected chi connectivity index (χ0v) is 8.75. The van der Waals surface area contributed by atoms with Gasteiger partial charge in [-0.3, -0.25) is 4.99 Å². The van der Waals surface area contributed by atoms with Crippen LogP contribution in [0.5, 0.6) is 5.75 Å². The average Bonchev–Trinajstić information content (AvgIpc) is 2.18. The van der Waals surface area contributed by atoms with Crippen molar-refractivity contribution in [3.63, 3.8) is 0 Å². The van der Waals surface area contributed by atoms with Gasteiger partial charge in [0.2, 0.25) is 0 Å². The topological polar surface area (TPSA) is 59.6 Å². The molecule has 4 nitrogen and oxygen atoms in total. The second kappa shape index (κ2) is 5.19. The molecule has 0 heterocycles. The van der Waals surface area contributed by atoms with Crippen molar-refractivity contribution >= 4 is 11.6 Å². The lowest BCUT2D eigenvalue weighted by Crippen LogP contribution is -2.22. The third kappa shape index (κ3) is 3.12. The summed E-state index contributed by atoms with van der Waals surface area (Å²) in [6.07, 6.45) is 0. The normalized spacial score (nSPS) is 11.3. The summed E-state index contributed by atoms with van der Waals surface area (Å²) < 4.78 is 18.0. The molecule has 0 unspecified atom stereocenters. The molecule has 0 aromatic heterocycles. The van der Waals surface area contributed by atoms with Crippen molar-refractivity contribution < 1.29 is 9.13 Å². The molecule has 0 aliphatic rings. The van der Waals surface area contributed by atoms with Crippen LogP contribution in [-0.4, -0.2) is 19.6 Å². The standard InChI is InChI=1S/C10H14FN3O/c1-3-13-10(12)14-7-4-5-9(15-2)8(11)6-7/h4-6H,3H2,1-2H3,(H3,12,13,14). The lowest BCUT2D eigenvalue weighted by molar-refractivity contribution is 0.387. The molecule has 0 radical (unpaired) electrons. The first-order valence-electron chi connectivity index (χ1n) is 4.58. The Hall–Kier alpha value is -1.78. The summed E-state index contributed by atoms with van der Waals surface area (Å²) in [5, 5.41) is 2.77. The summed E-state index contributed by atoms with van der Waals surface area (Å²) in [7, 11) is 1.42. The molecule has 0 amide bonds. The van der Waals surface area contributed by atoms with E-state index in [-0.39, 0.29) is 11.7 Å². The molecule has 0 spiro atoms. The molecule has 0 saturated carbocycles. The van der Waals surface area contributed by atoms with Gasteiger partial charge in [0.1, 0.15) is 0 Å². The van der Waals surface area contributed by atoms with Crippen LogP contribution in [0.25, 0.3) is 0 Å². The maximum Gasteiger partial charge on any atom is 0.193 e. The lowest BCUT2D eigenvalue weighted by Gasteiger charge is -2.07. The predicted octanol–water partition coefficient (Wildman–Crippen LogP) is 1.58. The molecule has 0 atom stereocenters. The SMILES string of the molecule is CCN=C(N)Nc1ccc(OC)c(F)c1. The van der Waals surface area contributed by atoms with E-state index in [0.717, 1.165) is 0 Å². The molecule has 0 aliphatic heterocycles. The van der Waals surface area contributed by atoms with Gasteiger partial charge in [-0.05, 0) is 19.1 Å². The number of hydrogen-bond donors (Lipinski definition) is 2. The van der Waals surface area contributed by atoms with Gasteiger partial charge in [0.15, 0.2) is 17.5 Å². The van der Waals surface area contributed by atoms with E-state index >= 15 is 0 Å². The van der Waals surface area contributed by atoms with E-state index < -0.39 is 5.82 Å². The number of methoxy groups -OCH3 is 1. The summed E-state index contributed by atoms with van der Waals surface area (Å²) in [5.41, 5.74) is 6.07. The summed E-state index contributed by atoms with van der Waals surface area (Å²) in [6, 6.07) is 4.49. The van der Waals surface area contributed by atoms with E-state index in [1.165, 1.54) is 19.2 Å². The van der Waals surface area contributed by atoms with Crippen LogP contribution in [0.1, 0.15) is 6.92 Å². The minimum Gasteiger partial charge on any atom is -0.494 e. The molecule has 0 saturated heterocycles. The van der Waals surface area contributed by atoms with Crippen LogP contribution in [0.15, 0.2) is 23.2 Å². The summed E-state index contributed by atoms with van der Waals surface area (Å²) in [5.74, 6) is 0.0282. The fourth-order valence-corrected chi connectivity index (χ4v) is 1.10. The van der Waals surface area contributed by atoms with Crippen LogP contribution in [0.2, 0.25) is 0 Å². The third-order valence-corrected chi connectivity index (χ3v) is 1.75. The Bertz CT molecular complexity index is 366. The number of aliphatic imine (C=N–C) groups is 1. The molecule has 15 heavy (non-hydrogen) atoms. The second-order valence-electron chi connectivity index (χ2n) is 2.83. The number of nitrogens with one attached hydrogen (secondary N) is 1. The van der Waals surface area contributed by atoms with Crippen molar-refractivity contribution in [2.45, 2.75) is 6.92 Å². The van der Waals surface area contributed by atoms with Gasteiger partial charge >= 0.3 is 0 Å². The molecule has 0 aliphatic carbocycles. The first-order valence-corrected chi connectivity index (χ1v) is 4.58. The Balaban J connectivity index is 2.80. The zero-order chi connectivity index (χ0) is 11.3. The average molecular weight is 211 g/mol. The number of halogens is 1. The Morgan fingerprint density at radius 1 is 1.60 bits per heavy atom. The number of hydrogen-bond acceptors (Lipinski definition) is 2. The Kier molecular flexibility index (Phi) is 3.91. The highest BCUT2D eigenvalue weighted by molar-refractivity contribution is 5.92. The summed E-state index contributed by atoms with van der Waals surface area (Å²) in [6.45, 7) is 2.45. The first-order chi connectivity index (χ1) is 7.17. The second-order valence-corrected chi connectivity index (χ2v) is 2.83. The van der Waals surface area contributed by atoms with Crippen molar-refractivity contribution in [1.82, 2.24) is 0 Å². The van der Waals surface area contributed by atoms with Crippen LogP contribution >= 0.6 is 0 Å². The van der Waals surface area contributed by atoms with Gasteiger partial charge in [0.05, 0.1) is 7.11 Å². The van der Waals surface area contributed by atoms with E-state index in [1.54, 1.807) is 6.07 Å². The molecule has 0 fully saturated rings. The van der Waals surface area contributed by atoms with Gasteiger partial charge in [-0.15, -0.1) is 0 Å². The van der Waals surface area contributed by atoms with Gasteiger partial charge in [0, 0.05) is 18.3 Å². The number of nitrogens with zero attached hydrogens (tertiary/aromatic N) is 1. The smallest absolute Gasteiger partial charge is 0.193 e. The van der Waals surface area contributed by atoms with Gasteiger partial charge in [0.25, 0.3) is 0 Å². The monoisotopic (exact) mass is 211 g/mol. The zero-order valence-electron chi connectivity index (χ0n) is 8.75. The lowest BCUT2D eigenvalue weighted by atomic mass is 10.3. The fraction of sp³-hybridized carbons (Fsp3) is 0.300. The van der Waals surface area contributed by atoms with Crippen LogP contribution < -0.4 is 15.8 Å². The molecule has 5 heteroatoms. The highest BCUT2D eigenvalue weighted by atomic mass is 19.1. The van der Waals surface area contributed by atoms with E-state index in [1.807, 2.05) is 6.92 Å². The fourth-order valence-electron chi connectivity index (χ4n) is 1.10. The molecule has 1 rings (SSSR count). The minimum absolute atomic E-state index is 0.201. The largest absolute Gasteiger partial charge is 0.494 e. The van der Waals surface area contributed by atoms with Crippen molar-refractivity contribution in [1.29, 1.82) is 0 Å². The highest BCUT2D eigenvalue weighted by Gasteiger charge is 2.03. The maximum atomic E-state index is 13.2. The number of ether oxygens (including phenoxy) is 1. The molecule has 82 valence electrons. The van der Waals surface area contributed by atoms with E-state index in [4.69, 9.17) is 10.5 Å². The van der Waals surface area contributed by atoms with Crippen molar-refractivity contribution in [2.75, 3.05) is 19.0 Å². The van der Waals surface area contributed by atoms with Crippen LogP contribution in [0.3, 0.4) is 0 Å². The molecular formula is C10H14FN3O. The van der Waals surface area contributed by atoms with Gasteiger partial charge in [-0.2, -0.15) is 0 Å². The van der Waals surface area contributed by atoms with E-state index in [9.17, 15) is 4.39 Å². The highest BCUT2D eigenvalue weighted by Crippen LogP contribution is 2.20. The van der Waals surface area contributed by atoms with Gasteiger partial charge in [-0.25, -0.2) is 4.39 Å². The first kappa shape index (κ1) is 11.3. The summed E-state index contributed by atoms with van der Waals surface area (Å²) >= 11 is 0. The summed E-state index contributed by atoms with van der Waals surface area (Å²) in [4.78, 5) is 3.92. The van der Waals surface area contributed by atoms with E-state index in [0.29, 0.717) is 12.2 Å². The molecule has 0 bridgehead atoms. The van der Waals surface area contributed by atoms with Crippen LogP contribution in [0.4, 0.5) is 10.1 Å². The Labute approximate surface area is 88.0 Å². The minimum atomic E-state index is -0.438. The number of guanidine groups is 1. The van der Waals surface area contributed by atoms with Crippen LogP contribution in [0, 0.1) is 5.82 Å². The Morgan fingerprint density at radius 2 is 2.33 bits per heavy atom. The maximum absolute atomic E-state index is 13.2. The van der Waals surface area contributed by atoms with Crippen molar-refractivity contribution in [3.05, 3.63) is 24.0 Å². The van der Waals surface area contributed by atoms with Crippen LogP contribution in [-0.2, 0) is 0 Å². The number of anilines is 1. The molecule has 1 aromatic rings. The van der Waals surface area contributed by atoms with Gasteiger partial charge < -0.3 is 15.8 Å². The molecule has 1 aromatic carbocycles. The number of nitrogens with two attached hydrogens (primary N) is 1. The molecule has 3 N–H and O–H groups in total. The number of benzene rings is 1. The van der Waals surface area contributed by atoms with Gasteiger partial charge in [-0.1, -0.05) is 0 Å². The van der Waals surface area contributed by atoms with E-state index in [2.05, 4.69) is 10.3 Å². The third-order valence-electron chi connectivity index (χ3n) is 1.75. The molecular weight excluding hydrogens is 197 g/mol. The predicted molar refractivity (Wildman–Crippen MR) is 58.7 cm³/mol. The van der Waals surface area contributed by atoms with Crippen molar-refractivity contribution in [3.8, 4) is 5.75 Å². The quantitative estimate of drug-likeness (QED) is 0.589. The Morgan fingerprint density at radius 3 is 2.87 bits per heavy atom.